The van der Waals surface area contributed by atoms with Gasteiger partial charge in [-0.2, -0.15) is 0 Å². The zero-order valence-corrected chi connectivity index (χ0v) is 18.0. The summed E-state index contributed by atoms with van der Waals surface area (Å²) < 4.78 is 5.54. The van der Waals surface area contributed by atoms with Gasteiger partial charge in [0.05, 0.1) is 18.1 Å². The van der Waals surface area contributed by atoms with Gasteiger partial charge in [-0.15, -0.1) is 11.3 Å². The summed E-state index contributed by atoms with van der Waals surface area (Å²) in [6.45, 7) is 4.04. The summed E-state index contributed by atoms with van der Waals surface area (Å²) in [7, 11) is 0. The summed E-state index contributed by atoms with van der Waals surface area (Å²) in [5.74, 6) is -0.253. The molecule has 0 spiro atoms. The fraction of sp³-hybridized carbons (Fsp3) is 0.478. The van der Waals surface area contributed by atoms with Gasteiger partial charge in [0.1, 0.15) is 0 Å². The molecule has 1 aromatic carbocycles. The van der Waals surface area contributed by atoms with Gasteiger partial charge < -0.3 is 15.4 Å². The van der Waals surface area contributed by atoms with Crippen LogP contribution in [0.15, 0.2) is 41.8 Å². The van der Waals surface area contributed by atoms with Crippen LogP contribution in [0, 0.1) is 0 Å². The summed E-state index contributed by atoms with van der Waals surface area (Å²) in [6.07, 6.45) is 5.91. The molecule has 6 nitrogen and oxygen atoms in total. The van der Waals surface area contributed by atoms with Gasteiger partial charge in [0.25, 0.3) is 11.8 Å². The van der Waals surface area contributed by atoms with Crippen LogP contribution >= 0.6 is 11.3 Å². The average Bonchev–Trinajstić information content (AvgIpc) is 3.34. The van der Waals surface area contributed by atoms with Crippen molar-refractivity contribution in [3.8, 4) is 0 Å². The molecule has 1 aromatic heterocycles. The highest BCUT2D eigenvalue weighted by molar-refractivity contribution is 7.12. The summed E-state index contributed by atoms with van der Waals surface area (Å²) >= 11 is 1.39. The molecule has 2 fully saturated rings. The van der Waals surface area contributed by atoms with Crippen molar-refractivity contribution in [1.29, 1.82) is 0 Å². The van der Waals surface area contributed by atoms with E-state index in [1.807, 2.05) is 11.4 Å². The van der Waals surface area contributed by atoms with Crippen LogP contribution in [0.25, 0.3) is 0 Å². The van der Waals surface area contributed by atoms with Crippen molar-refractivity contribution >= 4 is 28.8 Å². The molecule has 0 radical (unpaired) electrons. The maximum Gasteiger partial charge on any atom is 0.265 e. The number of amides is 2. The first kappa shape index (κ1) is 21.0. The topological polar surface area (TPSA) is 70.7 Å². The molecule has 1 saturated carbocycles. The van der Waals surface area contributed by atoms with Gasteiger partial charge in [-0.25, -0.2) is 0 Å². The molecular weight excluding hydrogens is 398 g/mol. The van der Waals surface area contributed by atoms with E-state index in [0.717, 1.165) is 39.1 Å². The second-order valence-corrected chi connectivity index (χ2v) is 9.03. The van der Waals surface area contributed by atoms with E-state index in [2.05, 4.69) is 15.5 Å². The third-order valence-electron chi connectivity index (χ3n) is 6.17. The fourth-order valence-corrected chi connectivity index (χ4v) is 5.16. The van der Waals surface area contributed by atoms with Gasteiger partial charge in [-0.05, 0) is 42.5 Å². The highest BCUT2D eigenvalue weighted by Crippen LogP contribution is 2.34. The van der Waals surface area contributed by atoms with Crippen molar-refractivity contribution in [3.05, 3.63) is 52.2 Å². The molecule has 2 amide bonds. The molecule has 2 aromatic rings. The number of thiophene rings is 1. The SMILES string of the molecule is O=C(NCC1(N2CCOCC2)CCCCC1)c1cccc(NC(=O)c2cccs2)c1. The Balaban J connectivity index is 1.40. The maximum absolute atomic E-state index is 12.9. The van der Waals surface area contributed by atoms with Crippen molar-refractivity contribution in [3.63, 3.8) is 0 Å². The number of hydrogen-bond donors (Lipinski definition) is 2. The number of hydrogen-bond acceptors (Lipinski definition) is 5. The molecule has 0 atom stereocenters. The number of nitrogens with one attached hydrogen (secondary N) is 2. The molecule has 0 bridgehead atoms. The largest absolute Gasteiger partial charge is 0.379 e. The zero-order chi connectivity index (χ0) is 20.8. The van der Waals surface area contributed by atoms with E-state index >= 15 is 0 Å². The van der Waals surface area contributed by atoms with Crippen LogP contribution in [0.3, 0.4) is 0 Å². The lowest BCUT2D eigenvalue weighted by molar-refractivity contribution is -0.0361. The van der Waals surface area contributed by atoms with Gasteiger partial charge >= 0.3 is 0 Å². The molecule has 2 heterocycles. The van der Waals surface area contributed by atoms with Crippen LogP contribution in [0.4, 0.5) is 5.69 Å². The number of rotatable bonds is 6. The first-order chi connectivity index (χ1) is 14.7. The molecule has 1 aliphatic heterocycles. The van der Waals surface area contributed by atoms with Crippen LogP contribution in [0.5, 0.6) is 0 Å². The molecule has 2 N–H and O–H groups in total. The van der Waals surface area contributed by atoms with E-state index in [-0.39, 0.29) is 17.4 Å². The van der Waals surface area contributed by atoms with Gasteiger partial charge in [0.15, 0.2) is 0 Å². The lowest BCUT2D eigenvalue weighted by Gasteiger charge is -2.48. The number of anilines is 1. The number of morpholine rings is 1. The Hall–Kier alpha value is -2.22. The quantitative estimate of drug-likeness (QED) is 0.736. The Bertz CT molecular complexity index is 856. The minimum atomic E-state index is -0.156. The van der Waals surface area contributed by atoms with Crippen LogP contribution in [0.1, 0.15) is 52.1 Å². The van der Waals surface area contributed by atoms with Crippen LogP contribution in [-0.4, -0.2) is 55.1 Å². The minimum Gasteiger partial charge on any atom is -0.379 e. The van der Waals surface area contributed by atoms with E-state index in [9.17, 15) is 9.59 Å². The van der Waals surface area contributed by atoms with Crippen molar-refractivity contribution in [2.24, 2.45) is 0 Å². The lowest BCUT2D eigenvalue weighted by Crippen LogP contribution is -2.59. The zero-order valence-electron chi connectivity index (χ0n) is 17.2. The van der Waals surface area contributed by atoms with Crippen molar-refractivity contribution in [2.45, 2.75) is 37.6 Å². The van der Waals surface area contributed by atoms with E-state index < -0.39 is 0 Å². The molecule has 7 heteroatoms. The lowest BCUT2D eigenvalue weighted by atomic mass is 9.79. The first-order valence-electron chi connectivity index (χ1n) is 10.7. The number of nitrogens with zero attached hydrogens (tertiary/aromatic N) is 1. The average molecular weight is 428 g/mol. The standard InChI is InChI=1S/C23H29N3O3S/c27-21(18-6-4-7-19(16-18)25-22(28)20-8-5-15-30-20)24-17-23(9-2-1-3-10-23)26-11-13-29-14-12-26/h4-8,15-16H,1-3,9-14,17H2,(H,24,27)(H,25,28). The van der Waals surface area contributed by atoms with Crippen LogP contribution in [-0.2, 0) is 4.74 Å². The first-order valence-corrected chi connectivity index (χ1v) is 11.6. The Labute approximate surface area is 181 Å². The van der Waals surface area contributed by atoms with E-state index in [4.69, 9.17) is 4.74 Å². The summed E-state index contributed by atoms with van der Waals surface area (Å²) in [5.41, 5.74) is 1.22. The Morgan fingerprint density at radius 3 is 2.57 bits per heavy atom. The number of carbonyl (C=O) groups excluding carboxylic acids is 2. The van der Waals surface area contributed by atoms with Crippen molar-refractivity contribution in [1.82, 2.24) is 10.2 Å². The number of benzene rings is 1. The number of ether oxygens (including phenoxy) is 1. The monoisotopic (exact) mass is 427 g/mol. The molecule has 1 saturated heterocycles. The normalized spacial score (nSPS) is 19.2. The predicted molar refractivity (Wildman–Crippen MR) is 119 cm³/mol. The number of carbonyl (C=O) groups is 2. The van der Waals surface area contributed by atoms with Crippen LogP contribution < -0.4 is 10.6 Å². The summed E-state index contributed by atoms with van der Waals surface area (Å²) in [6, 6.07) is 10.8. The third-order valence-corrected chi connectivity index (χ3v) is 7.04. The molecule has 160 valence electrons. The Kier molecular flexibility index (Phi) is 6.82. The molecule has 0 unspecified atom stereocenters. The van der Waals surface area contributed by atoms with Crippen molar-refractivity contribution < 1.29 is 14.3 Å². The van der Waals surface area contributed by atoms with Gasteiger partial charge in [0.2, 0.25) is 0 Å². The van der Waals surface area contributed by atoms with E-state index in [1.165, 1.54) is 30.6 Å². The molecule has 30 heavy (non-hydrogen) atoms. The Morgan fingerprint density at radius 2 is 1.83 bits per heavy atom. The molecule has 2 aliphatic rings. The maximum atomic E-state index is 12.9. The molecule has 1 aliphatic carbocycles. The van der Waals surface area contributed by atoms with Gasteiger partial charge in [-0.1, -0.05) is 31.4 Å². The van der Waals surface area contributed by atoms with Gasteiger partial charge in [-0.3, -0.25) is 14.5 Å². The smallest absolute Gasteiger partial charge is 0.265 e. The molecular formula is C23H29N3O3S. The Morgan fingerprint density at radius 1 is 1.03 bits per heavy atom. The van der Waals surface area contributed by atoms with Crippen molar-refractivity contribution in [2.75, 3.05) is 38.2 Å². The van der Waals surface area contributed by atoms with Gasteiger partial charge in [0, 0.05) is 36.4 Å². The highest BCUT2D eigenvalue weighted by Gasteiger charge is 2.38. The van der Waals surface area contributed by atoms with E-state index in [0.29, 0.717) is 22.7 Å². The summed E-state index contributed by atoms with van der Waals surface area (Å²) in [5, 5.41) is 7.93. The second-order valence-electron chi connectivity index (χ2n) is 8.08. The third kappa shape index (κ3) is 4.91. The van der Waals surface area contributed by atoms with E-state index in [1.54, 1.807) is 30.3 Å². The fourth-order valence-electron chi connectivity index (χ4n) is 4.54. The predicted octanol–water partition coefficient (Wildman–Crippen LogP) is 3.77. The second kappa shape index (κ2) is 9.73. The minimum absolute atomic E-state index is 0.0304. The summed E-state index contributed by atoms with van der Waals surface area (Å²) in [4.78, 5) is 28.4. The highest BCUT2D eigenvalue weighted by atomic mass is 32.1. The molecule has 4 rings (SSSR count). The van der Waals surface area contributed by atoms with Crippen LogP contribution in [0.2, 0.25) is 0 Å².